The third-order valence-electron chi connectivity index (χ3n) is 4.24. The van der Waals surface area contributed by atoms with Crippen LogP contribution in [-0.2, 0) is 20.8 Å². The van der Waals surface area contributed by atoms with Crippen LogP contribution in [0.25, 0.3) is 0 Å². The van der Waals surface area contributed by atoms with Gasteiger partial charge in [-0.05, 0) is 31.0 Å². The highest BCUT2D eigenvalue weighted by molar-refractivity contribution is 7.90. The van der Waals surface area contributed by atoms with Crippen LogP contribution < -0.4 is 5.32 Å². The zero-order valence-corrected chi connectivity index (χ0v) is 14.5. The molecule has 1 fully saturated rings. The number of halogens is 3. The van der Waals surface area contributed by atoms with Crippen molar-refractivity contribution in [2.45, 2.75) is 19.0 Å². The Morgan fingerprint density at radius 3 is 2.48 bits per heavy atom. The fourth-order valence-corrected chi connectivity index (χ4v) is 4.49. The van der Waals surface area contributed by atoms with Crippen molar-refractivity contribution in [1.29, 1.82) is 5.26 Å². The van der Waals surface area contributed by atoms with E-state index in [0.29, 0.717) is 26.1 Å². The molecular formula is C16H19F3N2O3S. The summed E-state index contributed by atoms with van der Waals surface area (Å²) in [7, 11) is -3.24. The van der Waals surface area contributed by atoms with Gasteiger partial charge in [-0.1, -0.05) is 0 Å². The number of sulfone groups is 1. The maximum absolute atomic E-state index is 12.7. The summed E-state index contributed by atoms with van der Waals surface area (Å²) in [5.41, 5.74) is -1.33. The van der Waals surface area contributed by atoms with Gasteiger partial charge in [0, 0.05) is 31.4 Å². The normalized spacial score (nSPS) is 17.7. The second kappa shape index (κ2) is 7.22. The van der Waals surface area contributed by atoms with E-state index in [1.54, 1.807) is 6.07 Å². The first-order chi connectivity index (χ1) is 11.5. The van der Waals surface area contributed by atoms with Crippen LogP contribution in [0.2, 0.25) is 0 Å². The smallest absolute Gasteiger partial charge is 0.383 e. The number of rotatable bonds is 5. The van der Waals surface area contributed by atoms with Crippen molar-refractivity contribution in [3.63, 3.8) is 0 Å². The summed E-state index contributed by atoms with van der Waals surface area (Å²) in [4.78, 5) is 0. The van der Waals surface area contributed by atoms with Crippen LogP contribution >= 0.6 is 0 Å². The second-order valence-electron chi connectivity index (χ2n) is 6.41. The number of nitrogens with one attached hydrogen (secondary N) is 1. The number of alkyl halides is 3. The van der Waals surface area contributed by atoms with Gasteiger partial charge < -0.3 is 10.1 Å². The maximum atomic E-state index is 12.7. The summed E-state index contributed by atoms with van der Waals surface area (Å²) in [5.74, 6) is -0.0428. The van der Waals surface area contributed by atoms with Gasteiger partial charge >= 0.3 is 6.18 Å². The van der Waals surface area contributed by atoms with E-state index in [9.17, 15) is 21.6 Å². The van der Waals surface area contributed by atoms with Crippen molar-refractivity contribution in [3.8, 4) is 6.07 Å². The molecule has 0 saturated carbocycles. The van der Waals surface area contributed by atoms with E-state index in [0.717, 1.165) is 18.4 Å². The van der Waals surface area contributed by atoms with E-state index in [-0.39, 0.29) is 23.5 Å². The first-order valence-electron chi connectivity index (χ1n) is 7.65. The standard InChI is InChI=1S/C16H19F3N2O3S/c1-25(22,23)11-15(4-6-24-7-5-15)10-21-14-3-2-13(16(17,18)19)8-12(14)9-20/h2-3,8,21H,4-7,10-11H2,1H3. The lowest BCUT2D eigenvalue weighted by atomic mass is 9.82. The third-order valence-corrected chi connectivity index (χ3v) is 5.38. The van der Waals surface area contributed by atoms with Gasteiger partial charge in [0.2, 0.25) is 0 Å². The molecule has 0 bridgehead atoms. The van der Waals surface area contributed by atoms with Crippen molar-refractivity contribution >= 4 is 15.5 Å². The summed E-state index contributed by atoms with van der Waals surface area (Å²) in [6.45, 7) is 1.09. The third kappa shape index (κ3) is 5.34. The minimum Gasteiger partial charge on any atom is -0.383 e. The predicted octanol–water partition coefficient (Wildman–Crippen LogP) is 2.83. The van der Waals surface area contributed by atoms with Crippen LogP contribution in [0.5, 0.6) is 0 Å². The molecule has 1 aromatic carbocycles. The molecule has 0 spiro atoms. The lowest BCUT2D eigenvalue weighted by Crippen LogP contribution is -2.41. The predicted molar refractivity (Wildman–Crippen MR) is 86.8 cm³/mol. The lowest BCUT2D eigenvalue weighted by molar-refractivity contribution is -0.137. The molecule has 0 radical (unpaired) electrons. The Kier molecular flexibility index (Phi) is 5.64. The van der Waals surface area contributed by atoms with E-state index < -0.39 is 27.0 Å². The molecule has 0 amide bonds. The molecule has 1 aliphatic heterocycles. The molecule has 1 saturated heterocycles. The fourth-order valence-electron chi connectivity index (χ4n) is 2.98. The van der Waals surface area contributed by atoms with Crippen LogP contribution in [0.3, 0.4) is 0 Å². The Hall–Kier alpha value is -1.79. The number of anilines is 1. The van der Waals surface area contributed by atoms with Gasteiger partial charge in [-0.25, -0.2) is 8.42 Å². The number of nitrogens with zero attached hydrogens (tertiary/aromatic N) is 1. The van der Waals surface area contributed by atoms with Gasteiger partial charge in [-0.2, -0.15) is 18.4 Å². The summed E-state index contributed by atoms with van der Waals surface area (Å²) in [6.07, 6.45) is -2.32. The largest absolute Gasteiger partial charge is 0.416 e. The van der Waals surface area contributed by atoms with Crippen LogP contribution in [-0.4, -0.2) is 40.2 Å². The zero-order valence-electron chi connectivity index (χ0n) is 13.7. The van der Waals surface area contributed by atoms with Crippen LogP contribution in [0.1, 0.15) is 24.0 Å². The quantitative estimate of drug-likeness (QED) is 0.855. The van der Waals surface area contributed by atoms with E-state index in [2.05, 4.69) is 5.32 Å². The molecule has 1 aromatic rings. The second-order valence-corrected chi connectivity index (χ2v) is 8.55. The minimum atomic E-state index is -4.53. The van der Waals surface area contributed by atoms with Crippen LogP contribution in [0, 0.1) is 16.7 Å². The molecule has 0 aromatic heterocycles. The van der Waals surface area contributed by atoms with Gasteiger partial charge in [0.1, 0.15) is 15.9 Å². The molecule has 1 heterocycles. The Bertz CT molecular complexity index is 764. The Morgan fingerprint density at radius 2 is 1.96 bits per heavy atom. The number of ether oxygens (including phenoxy) is 1. The van der Waals surface area contributed by atoms with Gasteiger partial charge in [-0.15, -0.1) is 0 Å². The molecule has 5 nitrogen and oxygen atoms in total. The summed E-state index contributed by atoms with van der Waals surface area (Å²) >= 11 is 0. The summed E-state index contributed by atoms with van der Waals surface area (Å²) in [5, 5.41) is 12.1. The van der Waals surface area contributed by atoms with Gasteiger partial charge in [0.25, 0.3) is 0 Å². The van der Waals surface area contributed by atoms with E-state index in [4.69, 9.17) is 10.00 Å². The number of hydrogen-bond donors (Lipinski definition) is 1. The summed E-state index contributed by atoms with van der Waals surface area (Å²) in [6, 6.07) is 4.64. The highest BCUT2D eigenvalue weighted by atomic mass is 32.2. The average molecular weight is 376 g/mol. The Labute approximate surface area is 144 Å². The first kappa shape index (κ1) is 19.5. The molecule has 9 heteroatoms. The van der Waals surface area contributed by atoms with Crippen molar-refractivity contribution < 1.29 is 26.3 Å². The molecule has 2 rings (SSSR count). The van der Waals surface area contributed by atoms with Crippen molar-refractivity contribution in [2.24, 2.45) is 5.41 Å². The Balaban J connectivity index is 2.22. The molecular weight excluding hydrogens is 357 g/mol. The van der Waals surface area contributed by atoms with Gasteiger partial charge in [-0.3, -0.25) is 0 Å². The highest BCUT2D eigenvalue weighted by Gasteiger charge is 2.36. The molecule has 138 valence electrons. The van der Waals surface area contributed by atoms with Crippen molar-refractivity contribution in [3.05, 3.63) is 29.3 Å². The van der Waals surface area contributed by atoms with E-state index >= 15 is 0 Å². The van der Waals surface area contributed by atoms with E-state index in [1.165, 1.54) is 6.07 Å². The Morgan fingerprint density at radius 1 is 1.32 bits per heavy atom. The van der Waals surface area contributed by atoms with Gasteiger partial charge in [0.15, 0.2) is 0 Å². The molecule has 25 heavy (non-hydrogen) atoms. The van der Waals surface area contributed by atoms with Crippen LogP contribution in [0.15, 0.2) is 18.2 Å². The average Bonchev–Trinajstić information content (AvgIpc) is 2.51. The molecule has 0 atom stereocenters. The highest BCUT2D eigenvalue weighted by Crippen LogP contribution is 2.34. The monoisotopic (exact) mass is 376 g/mol. The SMILES string of the molecule is CS(=O)(=O)CC1(CNc2ccc(C(F)(F)F)cc2C#N)CCOCC1. The number of hydrogen-bond acceptors (Lipinski definition) is 5. The minimum absolute atomic E-state index is 0.0428. The molecule has 0 unspecified atom stereocenters. The van der Waals surface area contributed by atoms with E-state index in [1.807, 2.05) is 0 Å². The first-order valence-corrected chi connectivity index (χ1v) is 9.71. The molecule has 0 aliphatic carbocycles. The maximum Gasteiger partial charge on any atom is 0.416 e. The fraction of sp³-hybridized carbons (Fsp3) is 0.562. The number of nitriles is 1. The zero-order chi connectivity index (χ0) is 18.7. The van der Waals surface area contributed by atoms with Crippen molar-refractivity contribution in [2.75, 3.05) is 37.1 Å². The summed E-state index contributed by atoms with van der Waals surface area (Å²) < 4.78 is 67.0. The topological polar surface area (TPSA) is 79.2 Å². The van der Waals surface area contributed by atoms with Crippen LogP contribution in [0.4, 0.5) is 18.9 Å². The molecule has 1 aliphatic rings. The molecule has 1 N–H and O–H groups in total. The van der Waals surface area contributed by atoms with Gasteiger partial charge in [0.05, 0.1) is 22.6 Å². The number of benzene rings is 1. The van der Waals surface area contributed by atoms with Crippen molar-refractivity contribution in [1.82, 2.24) is 0 Å². The lowest BCUT2D eigenvalue weighted by Gasteiger charge is -2.37.